The van der Waals surface area contributed by atoms with Crippen LogP contribution < -0.4 is 20.1 Å². The third-order valence-electron chi connectivity index (χ3n) is 4.41. The van der Waals surface area contributed by atoms with Gasteiger partial charge in [0.2, 0.25) is 0 Å². The number of aryl methyl sites for hydroxylation is 2. The number of anilines is 3. The number of pyridine rings is 1. The number of hydrogen-bond acceptors (Lipinski definition) is 5. The van der Waals surface area contributed by atoms with Crippen LogP contribution in [0, 0.1) is 13.8 Å². The van der Waals surface area contributed by atoms with E-state index in [9.17, 15) is 4.79 Å². The van der Waals surface area contributed by atoms with E-state index in [1.807, 2.05) is 44.2 Å². The van der Waals surface area contributed by atoms with Crippen LogP contribution in [0.15, 0.2) is 54.9 Å². The van der Waals surface area contributed by atoms with Gasteiger partial charge in [-0.3, -0.25) is 9.78 Å². The van der Waals surface area contributed by atoms with Crippen molar-refractivity contribution in [3.8, 4) is 11.5 Å². The van der Waals surface area contributed by atoms with Crippen molar-refractivity contribution in [2.45, 2.75) is 13.8 Å². The van der Waals surface area contributed by atoms with E-state index in [2.05, 4.69) is 15.6 Å². The molecule has 0 aliphatic rings. The second kappa shape index (κ2) is 8.43. The third-order valence-corrected chi connectivity index (χ3v) is 4.41. The Bertz CT molecular complexity index is 982. The lowest BCUT2D eigenvalue weighted by Crippen LogP contribution is -2.14. The van der Waals surface area contributed by atoms with Gasteiger partial charge in [0.15, 0.2) is 0 Å². The molecule has 1 aromatic heterocycles. The van der Waals surface area contributed by atoms with Gasteiger partial charge in [-0.2, -0.15) is 0 Å². The van der Waals surface area contributed by atoms with E-state index < -0.39 is 0 Å². The molecule has 6 heteroatoms. The number of rotatable bonds is 6. The number of methoxy groups -OCH3 is 2. The predicted octanol–water partition coefficient (Wildman–Crippen LogP) is 4.71. The number of carbonyl (C=O) groups excluding carboxylic acids is 1. The minimum atomic E-state index is -0.213. The predicted molar refractivity (Wildman–Crippen MR) is 111 cm³/mol. The molecule has 2 N–H and O–H groups in total. The fourth-order valence-electron chi connectivity index (χ4n) is 2.89. The molecule has 0 atom stereocenters. The number of nitrogens with zero attached hydrogens (tertiary/aromatic N) is 1. The van der Waals surface area contributed by atoms with E-state index in [4.69, 9.17) is 9.47 Å². The highest BCUT2D eigenvalue weighted by atomic mass is 16.5. The van der Waals surface area contributed by atoms with Crippen molar-refractivity contribution < 1.29 is 14.3 Å². The highest BCUT2D eigenvalue weighted by molar-refractivity contribution is 6.05. The number of para-hydroxylation sites is 1. The Morgan fingerprint density at radius 2 is 1.71 bits per heavy atom. The average molecular weight is 377 g/mol. The highest BCUT2D eigenvalue weighted by Crippen LogP contribution is 2.31. The summed E-state index contributed by atoms with van der Waals surface area (Å²) < 4.78 is 10.6. The maximum Gasteiger partial charge on any atom is 0.257 e. The molecule has 3 aromatic rings. The number of carbonyl (C=O) groups is 1. The molecule has 0 bridgehead atoms. The lowest BCUT2D eigenvalue weighted by Gasteiger charge is -2.14. The number of aromatic nitrogens is 1. The first-order valence-corrected chi connectivity index (χ1v) is 8.83. The van der Waals surface area contributed by atoms with Crippen molar-refractivity contribution in [1.82, 2.24) is 4.98 Å². The smallest absolute Gasteiger partial charge is 0.257 e. The first kappa shape index (κ1) is 19.2. The highest BCUT2D eigenvalue weighted by Gasteiger charge is 2.12. The van der Waals surface area contributed by atoms with Crippen LogP contribution in [0.5, 0.6) is 11.5 Å². The lowest BCUT2D eigenvalue weighted by molar-refractivity contribution is 0.102. The summed E-state index contributed by atoms with van der Waals surface area (Å²) >= 11 is 0. The van der Waals surface area contributed by atoms with Gasteiger partial charge in [0.25, 0.3) is 5.91 Å². The molecule has 0 aliphatic carbocycles. The maximum atomic E-state index is 12.7. The van der Waals surface area contributed by atoms with Gasteiger partial charge in [0, 0.05) is 18.0 Å². The molecule has 3 rings (SSSR count). The third kappa shape index (κ3) is 4.23. The minimum absolute atomic E-state index is 0.213. The van der Waals surface area contributed by atoms with E-state index in [1.54, 1.807) is 38.7 Å². The van der Waals surface area contributed by atoms with Crippen LogP contribution in [0.4, 0.5) is 17.1 Å². The molecule has 0 saturated carbocycles. The summed E-state index contributed by atoms with van der Waals surface area (Å²) in [5.41, 5.74) is 4.73. The van der Waals surface area contributed by atoms with Gasteiger partial charge in [-0.05, 0) is 43.2 Å². The van der Waals surface area contributed by atoms with Crippen molar-refractivity contribution in [3.63, 3.8) is 0 Å². The molecular formula is C22H23N3O3. The van der Waals surface area contributed by atoms with Gasteiger partial charge in [-0.25, -0.2) is 0 Å². The summed E-state index contributed by atoms with van der Waals surface area (Å²) in [5.74, 6) is 1.11. The number of benzene rings is 2. The zero-order valence-corrected chi connectivity index (χ0v) is 16.4. The van der Waals surface area contributed by atoms with Crippen molar-refractivity contribution in [2.24, 2.45) is 0 Å². The fraction of sp³-hybridized carbons (Fsp3) is 0.182. The van der Waals surface area contributed by atoms with E-state index in [0.29, 0.717) is 22.7 Å². The van der Waals surface area contributed by atoms with Crippen LogP contribution in [-0.4, -0.2) is 25.1 Å². The van der Waals surface area contributed by atoms with E-state index in [0.717, 1.165) is 22.5 Å². The normalized spacial score (nSPS) is 10.3. The molecule has 144 valence electrons. The molecule has 1 heterocycles. The first-order chi connectivity index (χ1) is 13.5. The SMILES string of the molecule is COc1ccc(Nc2cncc(C(=O)Nc3c(C)cccc3C)c2)c(OC)c1. The molecule has 0 radical (unpaired) electrons. The van der Waals surface area contributed by atoms with Crippen molar-refractivity contribution in [2.75, 3.05) is 24.9 Å². The Balaban J connectivity index is 1.82. The van der Waals surface area contributed by atoms with Crippen LogP contribution in [0.2, 0.25) is 0 Å². The summed E-state index contributed by atoms with van der Waals surface area (Å²) in [6.07, 6.45) is 3.19. The summed E-state index contributed by atoms with van der Waals surface area (Å²) in [7, 11) is 3.19. The monoisotopic (exact) mass is 377 g/mol. The van der Waals surface area contributed by atoms with Crippen molar-refractivity contribution in [3.05, 3.63) is 71.5 Å². The number of amides is 1. The van der Waals surface area contributed by atoms with E-state index in [1.165, 1.54) is 0 Å². The number of hydrogen-bond donors (Lipinski definition) is 2. The molecule has 0 unspecified atom stereocenters. The molecule has 0 aliphatic heterocycles. The number of ether oxygens (including phenoxy) is 2. The van der Waals surface area contributed by atoms with Crippen LogP contribution in [-0.2, 0) is 0 Å². The van der Waals surface area contributed by atoms with Gasteiger partial charge < -0.3 is 20.1 Å². The van der Waals surface area contributed by atoms with Crippen molar-refractivity contribution >= 4 is 23.0 Å². The second-order valence-electron chi connectivity index (χ2n) is 6.37. The molecule has 6 nitrogen and oxygen atoms in total. The minimum Gasteiger partial charge on any atom is -0.497 e. The molecule has 0 saturated heterocycles. The van der Waals surface area contributed by atoms with Crippen LogP contribution >= 0.6 is 0 Å². The zero-order valence-electron chi connectivity index (χ0n) is 16.4. The molecule has 0 fully saturated rings. The standard InChI is InChI=1S/C22H23N3O3/c1-14-6-5-7-15(2)21(14)25-22(26)16-10-17(13-23-12-16)24-19-9-8-18(27-3)11-20(19)28-4/h5-13,24H,1-4H3,(H,25,26). The molecular weight excluding hydrogens is 354 g/mol. The average Bonchev–Trinajstić information content (AvgIpc) is 2.71. The van der Waals surface area contributed by atoms with Gasteiger partial charge in [0.1, 0.15) is 11.5 Å². The Labute approximate surface area is 164 Å². The molecule has 1 amide bonds. The summed E-state index contributed by atoms with van der Waals surface area (Å²) in [6.45, 7) is 3.93. The zero-order chi connectivity index (χ0) is 20.1. The Kier molecular flexibility index (Phi) is 5.79. The molecule has 0 spiro atoms. The Hall–Kier alpha value is -3.54. The van der Waals surface area contributed by atoms with E-state index >= 15 is 0 Å². The van der Waals surface area contributed by atoms with Gasteiger partial charge >= 0.3 is 0 Å². The number of nitrogens with one attached hydrogen (secondary N) is 2. The van der Waals surface area contributed by atoms with Gasteiger partial charge in [0.05, 0.1) is 37.4 Å². The van der Waals surface area contributed by atoms with Crippen molar-refractivity contribution in [1.29, 1.82) is 0 Å². The van der Waals surface area contributed by atoms with E-state index in [-0.39, 0.29) is 5.91 Å². The van der Waals surface area contributed by atoms with Crippen LogP contribution in [0.1, 0.15) is 21.5 Å². The van der Waals surface area contributed by atoms with Crippen LogP contribution in [0.25, 0.3) is 0 Å². The summed E-state index contributed by atoms with van der Waals surface area (Å²) in [6, 6.07) is 13.1. The largest absolute Gasteiger partial charge is 0.497 e. The maximum absolute atomic E-state index is 12.7. The summed E-state index contributed by atoms with van der Waals surface area (Å²) in [5, 5.41) is 6.21. The van der Waals surface area contributed by atoms with Gasteiger partial charge in [-0.15, -0.1) is 0 Å². The second-order valence-corrected chi connectivity index (χ2v) is 6.37. The Morgan fingerprint density at radius 3 is 2.39 bits per heavy atom. The quantitative estimate of drug-likeness (QED) is 0.651. The molecule has 28 heavy (non-hydrogen) atoms. The Morgan fingerprint density at radius 1 is 0.964 bits per heavy atom. The summed E-state index contributed by atoms with van der Waals surface area (Å²) in [4.78, 5) is 16.9. The van der Waals surface area contributed by atoms with Gasteiger partial charge in [-0.1, -0.05) is 18.2 Å². The first-order valence-electron chi connectivity index (χ1n) is 8.83. The van der Waals surface area contributed by atoms with Crippen LogP contribution in [0.3, 0.4) is 0 Å². The molecule has 2 aromatic carbocycles. The topological polar surface area (TPSA) is 72.5 Å². The fourth-order valence-corrected chi connectivity index (χ4v) is 2.89. The lowest BCUT2D eigenvalue weighted by atomic mass is 10.1.